The molecule has 0 unspecified atom stereocenters. The Hall–Kier alpha value is -2.55. The van der Waals surface area contributed by atoms with Gasteiger partial charge in [0.2, 0.25) is 5.91 Å². The number of piperazine rings is 1. The van der Waals surface area contributed by atoms with Crippen LogP contribution < -0.4 is 4.74 Å². The van der Waals surface area contributed by atoms with Gasteiger partial charge < -0.3 is 9.64 Å². The lowest BCUT2D eigenvalue weighted by Crippen LogP contribution is -2.48. The van der Waals surface area contributed by atoms with Gasteiger partial charge in [-0.05, 0) is 35.9 Å². The number of methoxy groups -OCH3 is 1. The minimum absolute atomic E-state index is 0.120. The highest BCUT2D eigenvalue weighted by atomic mass is 35.5. The third-order valence-corrected chi connectivity index (χ3v) is 6.38. The monoisotopic (exact) mass is 457 g/mol. The van der Waals surface area contributed by atoms with Gasteiger partial charge in [0.1, 0.15) is 12.1 Å². The molecule has 1 aromatic heterocycles. The van der Waals surface area contributed by atoms with Crippen molar-refractivity contribution < 1.29 is 9.53 Å². The van der Waals surface area contributed by atoms with Crippen molar-refractivity contribution in [2.24, 2.45) is 0 Å². The Morgan fingerprint density at radius 3 is 2.61 bits per heavy atom. The van der Waals surface area contributed by atoms with E-state index in [0.717, 1.165) is 44.2 Å². The summed E-state index contributed by atoms with van der Waals surface area (Å²) >= 11 is 7.48. The van der Waals surface area contributed by atoms with Crippen LogP contribution in [0.4, 0.5) is 0 Å². The normalized spacial score (nSPS) is 14.6. The highest BCUT2D eigenvalue weighted by molar-refractivity contribution is 7.99. The van der Waals surface area contributed by atoms with Crippen molar-refractivity contribution >= 4 is 29.3 Å². The Kier molecular flexibility index (Phi) is 7.11. The Bertz CT molecular complexity index is 1020. The average Bonchev–Trinajstić information content (AvgIpc) is 3.27. The van der Waals surface area contributed by atoms with Crippen LogP contribution in [-0.4, -0.2) is 69.5 Å². The lowest BCUT2D eigenvalue weighted by molar-refractivity contribution is -0.130. The summed E-state index contributed by atoms with van der Waals surface area (Å²) in [5, 5.41) is 9.46. The maximum Gasteiger partial charge on any atom is 0.233 e. The third-order valence-electron chi connectivity index (χ3n) is 5.22. The van der Waals surface area contributed by atoms with E-state index in [2.05, 4.69) is 27.2 Å². The largest absolute Gasteiger partial charge is 0.497 e. The van der Waals surface area contributed by atoms with Gasteiger partial charge in [-0.25, -0.2) is 0 Å². The molecule has 0 N–H and O–H groups in total. The molecule has 3 aromatic rings. The minimum atomic E-state index is 0.120. The molecule has 1 aliphatic rings. The van der Waals surface area contributed by atoms with Crippen LogP contribution in [0.2, 0.25) is 5.02 Å². The van der Waals surface area contributed by atoms with Gasteiger partial charge in [-0.15, -0.1) is 10.2 Å². The molecule has 0 saturated carbocycles. The van der Waals surface area contributed by atoms with Crippen LogP contribution in [0, 0.1) is 0 Å². The number of rotatable bonds is 7. The van der Waals surface area contributed by atoms with Crippen molar-refractivity contribution in [3.63, 3.8) is 0 Å². The van der Waals surface area contributed by atoms with Gasteiger partial charge in [-0.3, -0.25) is 14.3 Å². The number of thioether (sulfide) groups is 1. The Morgan fingerprint density at radius 2 is 1.90 bits per heavy atom. The van der Waals surface area contributed by atoms with Gasteiger partial charge in [0, 0.05) is 37.7 Å². The quantitative estimate of drug-likeness (QED) is 0.507. The summed E-state index contributed by atoms with van der Waals surface area (Å²) in [4.78, 5) is 17.0. The second-order valence-electron chi connectivity index (χ2n) is 7.26. The van der Waals surface area contributed by atoms with E-state index in [1.807, 2.05) is 45.9 Å². The molecule has 4 rings (SSSR count). The number of hydrogen-bond acceptors (Lipinski definition) is 6. The molecule has 0 spiro atoms. The molecule has 162 valence electrons. The van der Waals surface area contributed by atoms with Crippen molar-refractivity contribution in [2.45, 2.75) is 11.7 Å². The fraction of sp³-hybridized carbons (Fsp3) is 0.318. The first-order valence-electron chi connectivity index (χ1n) is 10.0. The molecule has 0 radical (unpaired) electrons. The number of carbonyl (C=O) groups is 1. The smallest absolute Gasteiger partial charge is 0.233 e. The Morgan fingerprint density at radius 1 is 1.13 bits per heavy atom. The average molecular weight is 458 g/mol. The summed E-state index contributed by atoms with van der Waals surface area (Å²) in [6.45, 7) is 4.07. The first-order chi connectivity index (χ1) is 15.1. The molecular weight excluding hydrogens is 434 g/mol. The van der Waals surface area contributed by atoms with Gasteiger partial charge in [-0.1, -0.05) is 41.6 Å². The summed E-state index contributed by atoms with van der Waals surface area (Å²) in [6, 6.07) is 15.6. The third kappa shape index (κ3) is 5.58. The predicted molar refractivity (Wildman–Crippen MR) is 122 cm³/mol. The number of ether oxygens (including phenoxy) is 1. The van der Waals surface area contributed by atoms with E-state index >= 15 is 0 Å². The molecule has 2 aromatic carbocycles. The number of aromatic nitrogens is 3. The van der Waals surface area contributed by atoms with Crippen LogP contribution in [-0.2, 0) is 11.3 Å². The molecule has 2 heterocycles. The molecule has 9 heteroatoms. The van der Waals surface area contributed by atoms with Crippen LogP contribution in [0.3, 0.4) is 0 Å². The number of hydrogen-bond donors (Lipinski definition) is 0. The summed E-state index contributed by atoms with van der Waals surface area (Å²) < 4.78 is 7.06. The fourth-order valence-corrected chi connectivity index (χ4v) is 4.50. The second-order valence-corrected chi connectivity index (χ2v) is 8.64. The molecular formula is C22H24ClN5O2S. The number of nitrogens with zero attached hydrogens (tertiary/aromatic N) is 5. The van der Waals surface area contributed by atoms with Gasteiger partial charge in [0.05, 0.1) is 18.6 Å². The Balaban J connectivity index is 1.27. The van der Waals surface area contributed by atoms with Crippen LogP contribution >= 0.6 is 23.4 Å². The first kappa shape index (κ1) is 21.7. The van der Waals surface area contributed by atoms with E-state index in [4.69, 9.17) is 16.3 Å². The number of benzene rings is 2. The lowest BCUT2D eigenvalue weighted by Gasteiger charge is -2.34. The van der Waals surface area contributed by atoms with E-state index in [-0.39, 0.29) is 5.91 Å². The van der Waals surface area contributed by atoms with Crippen molar-refractivity contribution in [2.75, 3.05) is 39.0 Å². The summed E-state index contributed by atoms with van der Waals surface area (Å²) in [5.74, 6) is 1.31. The zero-order valence-electron chi connectivity index (χ0n) is 17.3. The van der Waals surface area contributed by atoms with E-state index in [1.54, 1.807) is 13.4 Å². The van der Waals surface area contributed by atoms with Crippen molar-refractivity contribution in [3.05, 3.63) is 65.4 Å². The maximum absolute atomic E-state index is 12.7. The molecule has 0 atom stereocenters. The second kappa shape index (κ2) is 10.2. The van der Waals surface area contributed by atoms with Gasteiger partial charge >= 0.3 is 0 Å². The molecule has 1 fully saturated rings. The zero-order chi connectivity index (χ0) is 21.6. The van der Waals surface area contributed by atoms with E-state index < -0.39 is 0 Å². The van der Waals surface area contributed by atoms with Crippen molar-refractivity contribution in [1.82, 2.24) is 24.6 Å². The van der Waals surface area contributed by atoms with Crippen LogP contribution in [0.25, 0.3) is 5.69 Å². The van der Waals surface area contributed by atoms with E-state index in [9.17, 15) is 4.79 Å². The topological polar surface area (TPSA) is 63.5 Å². The van der Waals surface area contributed by atoms with E-state index in [1.165, 1.54) is 17.3 Å². The maximum atomic E-state index is 12.7. The standard InChI is InChI=1S/C22H24ClN5O2S/c1-30-20-7-5-17(6-8-20)14-26-9-11-27(12-10-26)21(29)15-31-22-25-24-16-28(22)19-4-2-3-18(23)13-19/h2-8,13,16H,9-12,14-15H2,1H3. The van der Waals surface area contributed by atoms with Crippen LogP contribution in [0.5, 0.6) is 5.75 Å². The van der Waals surface area contributed by atoms with Gasteiger partial charge in [0.15, 0.2) is 5.16 Å². The minimum Gasteiger partial charge on any atom is -0.497 e. The summed E-state index contributed by atoms with van der Waals surface area (Å²) in [7, 11) is 1.67. The predicted octanol–water partition coefficient (Wildman–Crippen LogP) is 3.37. The molecule has 0 bridgehead atoms. The van der Waals surface area contributed by atoms with Crippen molar-refractivity contribution in [3.8, 4) is 11.4 Å². The lowest BCUT2D eigenvalue weighted by atomic mass is 10.2. The molecule has 31 heavy (non-hydrogen) atoms. The highest BCUT2D eigenvalue weighted by Gasteiger charge is 2.22. The molecule has 7 nitrogen and oxygen atoms in total. The fourth-order valence-electron chi connectivity index (χ4n) is 3.49. The van der Waals surface area contributed by atoms with Crippen LogP contribution in [0.1, 0.15) is 5.56 Å². The molecule has 1 amide bonds. The number of halogens is 1. The number of amides is 1. The Labute approximate surface area is 191 Å². The zero-order valence-corrected chi connectivity index (χ0v) is 18.8. The van der Waals surface area contributed by atoms with Gasteiger partial charge in [0.25, 0.3) is 0 Å². The molecule has 0 aliphatic carbocycles. The van der Waals surface area contributed by atoms with Crippen LogP contribution in [0.15, 0.2) is 60.0 Å². The summed E-state index contributed by atoms with van der Waals surface area (Å²) in [6.07, 6.45) is 1.64. The molecule has 1 saturated heterocycles. The molecule has 1 aliphatic heterocycles. The summed E-state index contributed by atoms with van der Waals surface area (Å²) in [5.41, 5.74) is 2.12. The SMILES string of the molecule is COc1ccc(CN2CCN(C(=O)CSc3nncn3-c3cccc(Cl)c3)CC2)cc1. The highest BCUT2D eigenvalue weighted by Crippen LogP contribution is 2.22. The van der Waals surface area contributed by atoms with E-state index in [0.29, 0.717) is 15.9 Å². The number of carbonyl (C=O) groups excluding carboxylic acids is 1. The van der Waals surface area contributed by atoms with Gasteiger partial charge in [-0.2, -0.15) is 0 Å². The van der Waals surface area contributed by atoms with Crippen molar-refractivity contribution in [1.29, 1.82) is 0 Å². The first-order valence-corrected chi connectivity index (χ1v) is 11.4.